The number of hydrogen-bond donors (Lipinski definition) is 0. The van der Waals surface area contributed by atoms with Crippen LogP contribution < -0.4 is 4.52 Å². The van der Waals surface area contributed by atoms with Crippen LogP contribution in [0.25, 0.3) is 0 Å². The standard InChI is InChI=1S/C14H21O4P/c1-5-8-13-11-12(4)9-10-14(13)18-19(15,16-6-2)17-7-3/h5,9-11H,1,6-8H2,2-4H3. The van der Waals surface area contributed by atoms with Crippen LogP contribution in [0.1, 0.15) is 25.0 Å². The van der Waals surface area contributed by atoms with E-state index in [2.05, 4.69) is 6.58 Å². The number of phosphoric acid groups is 1. The largest absolute Gasteiger partial charge is 0.530 e. The van der Waals surface area contributed by atoms with Crippen molar-refractivity contribution >= 4 is 7.82 Å². The maximum Gasteiger partial charge on any atom is 0.530 e. The Morgan fingerprint density at radius 2 is 1.89 bits per heavy atom. The van der Waals surface area contributed by atoms with E-state index in [-0.39, 0.29) is 13.2 Å². The summed E-state index contributed by atoms with van der Waals surface area (Å²) in [6.07, 6.45) is 2.41. The molecule has 0 saturated heterocycles. The van der Waals surface area contributed by atoms with Crippen molar-refractivity contribution in [2.24, 2.45) is 0 Å². The van der Waals surface area contributed by atoms with Crippen molar-refractivity contribution in [2.75, 3.05) is 13.2 Å². The first-order chi connectivity index (χ1) is 9.04. The molecular formula is C14H21O4P. The summed E-state index contributed by atoms with van der Waals surface area (Å²) in [5.41, 5.74) is 2.02. The molecular weight excluding hydrogens is 263 g/mol. The molecule has 0 amide bonds. The highest BCUT2D eigenvalue weighted by Gasteiger charge is 2.28. The van der Waals surface area contributed by atoms with Crippen LogP contribution in [0.5, 0.6) is 5.75 Å². The van der Waals surface area contributed by atoms with Gasteiger partial charge in [0.05, 0.1) is 13.2 Å². The smallest absolute Gasteiger partial charge is 0.404 e. The van der Waals surface area contributed by atoms with Crippen molar-refractivity contribution in [3.05, 3.63) is 42.0 Å². The van der Waals surface area contributed by atoms with E-state index in [9.17, 15) is 4.57 Å². The Hall–Kier alpha value is -1.09. The summed E-state index contributed by atoms with van der Waals surface area (Å²) in [4.78, 5) is 0. The molecule has 5 heteroatoms. The van der Waals surface area contributed by atoms with Gasteiger partial charge in [-0.15, -0.1) is 6.58 Å². The van der Waals surface area contributed by atoms with Crippen LogP contribution in [0.3, 0.4) is 0 Å². The first-order valence-electron chi connectivity index (χ1n) is 6.33. The maximum absolute atomic E-state index is 12.3. The average molecular weight is 284 g/mol. The molecule has 0 radical (unpaired) electrons. The topological polar surface area (TPSA) is 44.8 Å². The lowest BCUT2D eigenvalue weighted by atomic mass is 10.1. The molecule has 0 aliphatic heterocycles. The summed E-state index contributed by atoms with van der Waals surface area (Å²) < 4.78 is 28.1. The molecule has 4 nitrogen and oxygen atoms in total. The van der Waals surface area contributed by atoms with Gasteiger partial charge in [0.25, 0.3) is 0 Å². The lowest BCUT2D eigenvalue weighted by Crippen LogP contribution is -2.04. The second kappa shape index (κ2) is 7.49. The Bertz CT molecular complexity index is 461. The van der Waals surface area contributed by atoms with Gasteiger partial charge in [0, 0.05) is 0 Å². The van der Waals surface area contributed by atoms with E-state index in [4.69, 9.17) is 13.6 Å². The second-order valence-corrected chi connectivity index (χ2v) is 5.57. The Morgan fingerprint density at radius 1 is 1.26 bits per heavy atom. The first-order valence-corrected chi connectivity index (χ1v) is 7.79. The van der Waals surface area contributed by atoms with Crippen LogP contribution in [-0.2, 0) is 20.0 Å². The molecule has 0 aromatic heterocycles. The number of phosphoric ester groups is 1. The number of allylic oxidation sites excluding steroid dienone is 1. The second-order valence-electron chi connectivity index (χ2n) is 3.98. The molecule has 0 N–H and O–H groups in total. The van der Waals surface area contributed by atoms with E-state index in [0.717, 1.165) is 11.1 Å². The molecule has 0 aliphatic rings. The van der Waals surface area contributed by atoms with Gasteiger partial charge in [0.1, 0.15) is 5.75 Å². The summed E-state index contributed by atoms with van der Waals surface area (Å²) in [6.45, 7) is 9.71. The fourth-order valence-corrected chi connectivity index (χ4v) is 2.87. The lowest BCUT2D eigenvalue weighted by Gasteiger charge is -2.19. The highest BCUT2D eigenvalue weighted by atomic mass is 31.2. The summed E-state index contributed by atoms with van der Waals surface area (Å²) >= 11 is 0. The molecule has 1 aromatic rings. The van der Waals surface area contributed by atoms with Crippen molar-refractivity contribution in [2.45, 2.75) is 27.2 Å². The van der Waals surface area contributed by atoms with Crippen molar-refractivity contribution in [1.29, 1.82) is 0 Å². The fourth-order valence-electron chi connectivity index (χ4n) is 1.64. The van der Waals surface area contributed by atoms with Crippen LogP contribution >= 0.6 is 7.82 Å². The van der Waals surface area contributed by atoms with Gasteiger partial charge in [-0.2, -0.15) is 0 Å². The third kappa shape index (κ3) is 4.83. The normalized spacial score (nSPS) is 11.3. The molecule has 19 heavy (non-hydrogen) atoms. The van der Waals surface area contributed by atoms with Crippen molar-refractivity contribution < 1.29 is 18.1 Å². The molecule has 106 valence electrons. The molecule has 0 saturated carbocycles. The fraction of sp³-hybridized carbons (Fsp3) is 0.429. The lowest BCUT2D eigenvalue weighted by molar-refractivity contribution is 0.167. The molecule has 1 aromatic carbocycles. The number of benzene rings is 1. The predicted molar refractivity (Wildman–Crippen MR) is 76.6 cm³/mol. The van der Waals surface area contributed by atoms with E-state index in [1.165, 1.54) is 0 Å². The molecule has 0 unspecified atom stereocenters. The van der Waals surface area contributed by atoms with Gasteiger partial charge in [-0.1, -0.05) is 23.8 Å². The van der Waals surface area contributed by atoms with Gasteiger partial charge < -0.3 is 4.52 Å². The van der Waals surface area contributed by atoms with Crippen molar-refractivity contribution in [1.82, 2.24) is 0 Å². The summed E-state index contributed by atoms with van der Waals surface area (Å²) in [6, 6.07) is 5.64. The van der Waals surface area contributed by atoms with Crippen LogP contribution in [0.2, 0.25) is 0 Å². The molecule has 0 spiro atoms. The molecule has 1 rings (SSSR count). The van der Waals surface area contributed by atoms with Crippen LogP contribution in [0, 0.1) is 6.92 Å². The molecule has 0 atom stereocenters. The van der Waals surface area contributed by atoms with E-state index in [1.807, 2.05) is 19.1 Å². The number of hydrogen-bond acceptors (Lipinski definition) is 4. The zero-order chi connectivity index (χ0) is 14.3. The van der Waals surface area contributed by atoms with Gasteiger partial charge in [-0.05, 0) is 38.8 Å². The SMILES string of the molecule is C=CCc1cc(C)ccc1OP(=O)(OCC)OCC. The minimum atomic E-state index is -3.54. The van der Waals surface area contributed by atoms with Crippen LogP contribution in [0.4, 0.5) is 0 Å². The highest BCUT2D eigenvalue weighted by Crippen LogP contribution is 2.50. The Morgan fingerprint density at radius 3 is 2.42 bits per heavy atom. The number of aryl methyl sites for hydroxylation is 1. The average Bonchev–Trinajstić information content (AvgIpc) is 2.33. The predicted octanol–water partition coefficient (Wildman–Crippen LogP) is 4.28. The van der Waals surface area contributed by atoms with Gasteiger partial charge in [0.15, 0.2) is 0 Å². The molecule has 0 aliphatic carbocycles. The molecule has 0 fully saturated rings. The Balaban J connectivity index is 3.01. The molecule has 0 heterocycles. The van der Waals surface area contributed by atoms with E-state index >= 15 is 0 Å². The van der Waals surface area contributed by atoms with Gasteiger partial charge >= 0.3 is 7.82 Å². The first kappa shape index (κ1) is 16.0. The maximum atomic E-state index is 12.3. The third-order valence-electron chi connectivity index (χ3n) is 2.36. The van der Waals surface area contributed by atoms with E-state index in [0.29, 0.717) is 12.2 Å². The van der Waals surface area contributed by atoms with Crippen molar-refractivity contribution in [3.8, 4) is 5.75 Å². The Labute approximate surface area is 115 Å². The minimum Gasteiger partial charge on any atom is -0.404 e. The summed E-state index contributed by atoms with van der Waals surface area (Å²) in [7, 11) is -3.54. The minimum absolute atomic E-state index is 0.264. The van der Waals surface area contributed by atoms with Crippen molar-refractivity contribution in [3.63, 3.8) is 0 Å². The summed E-state index contributed by atoms with van der Waals surface area (Å²) in [5, 5.41) is 0. The van der Waals surface area contributed by atoms with E-state index in [1.54, 1.807) is 26.0 Å². The van der Waals surface area contributed by atoms with Crippen LogP contribution in [0.15, 0.2) is 30.9 Å². The monoisotopic (exact) mass is 284 g/mol. The van der Waals surface area contributed by atoms with Gasteiger partial charge in [-0.25, -0.2) is 4.57 Å². The summed E-state index contributed by atoms with van der Waals surface area (Å²) in [5.74, 6) is 0.510. The zero-order valence-electron chi connectivity index (χ0n) is 11.7. The Kier molecular flexibility index (Phi) is 6.29. The number of rotatable bonds is 8. The zero-order valence-corrected chi connectivity index (χ0v) is 12.6. The van der Waals surface area contributed by atoms with Gasteiger partial charge in [-0.3, -0.25) is 9.05 Å². The quantitative estimate of drug-likeness (QED) is 0.528. The van der Waals surface area contributed by atoms with E-state index < -0.39 is 7.82 Å². The highest BCUT2D eigenvalue weighted by molar-refractivity contribution is 7.48. The van der Waals surface area contributed by atoms with Gasteiger partial charge in [0.2, 0.25) is 0 Å². The third-order valence-corrected chi connectivity index (χ3v) is 3.93. The molecule has 0 bridgehead atoms. The van der Waals surface area contributed by atoms with Crippen LogP contribution in [-0.4, -0.2) is 13.2 Å².